The Kier molecular flexibility index (Phi) is 8.37. The summed E-state index contributed by atoms with van der Waals surface area (Å²) >= 11 is 0. The summed E-state index contributed by atoms with van der Waals surface area (Å²) in [6.45, 7) is 3.81. The van der Waals surface area contributed by atoms with Crippen LogP contribution in [0.25, 0.3) is 0 Å². The van der Waals surface area contributed by atoms with Crippen molar-refractivity contribution in [1.82, 2.24) is 10.6 Å². The minimum Gasteiger partial charge on any atom is -0.497 e. The highest BCUT2D eigenvalue weighted by Gasteiger charge is 2.26. The van der Waals surface area contributed by atoms with Crippen LogP contribution < -0.4 is 15.4 Å². The molecule has 2 unspecified atom stereocenters. The van der Waals surface area contributed by atoms with Gasteiger partial charge in [0.1, 0.15) is 11.9 Å². The van der Waals surface area contributed by atoms with Crippen LogP contribution in [0.1, 0.15) is 31.4 Å². The number of benzene rings is 1. The van der Waals surface area contributed by atoms with Gasteiger partial charge in [-0.15, -0.1) is 12.4 Å². The van der Waals surface area contributed by atoms with Gasteiger partial charge in [-0.3, -0.25) is 4.79 Å². The second-order valence-electron chi connectivity index (χ2n) is 5.75. The zero-order chi connectivity index (χ0) is 15.9. The number of hydrogen-bond donors (Lipinski definition) is 2. The highest BCUT2D eigenvalue weighted by atomic mass is 35.5. The van der Waals surface area contributed by atoms with Crippen molar-refractivity contribution in [3.63, 3.8) is 0 Å². The lowest BCUT2D eigenvalue weighted by Gasteiger charge is -2.28. The molecule has 23 heavy (non-hydrogen) atoms. The Morgan fingerprint density at radius 1 is 1.22 bits per heavy atom. The summed E-state index contributed by atoms with van der Waals surface area (Å²) in [4.78, 5) is 12.3. The topological polar surface area (TPSA) is 59.6 Å². The molecule has 2 N–H and O–H groups in total. The molecular formula is C17H27ClN2O3. The van der Waals surface area contributed by atoms with Gasteiger partial charge in [-0.25, -0.2) is 0 Å². The molecule has 0 spiro atoms. The van der Waals surface area contributed by atoms with Gasteiger partial charge in [-0.05, 0) is 50.6 Å². The molecule has 2 atom stereocenters. The molecule has 1 aliphatic heterocycles. The lowest BCUT2D eigenvalue weighted by atomic mass is 9.96. The second-order valence-corrected chi connectivity index (χ2v) is 5.75. The summed E-state index contributed by atoms with van der Waals surface area (Å²) in [5.74, 6) is 1.05. The van der Waals surface area contributed by atoms with Crippen LogP contribution in [0.3, 0.4) is 0 Å². The van der Waals surface area contributed by atoms with Gasteiger partial charge in [0.25, 0.3) is 0 Å². The van der Waals surface area contributed by atoms with E-state index in [0.717, 1.165) is 37.2 Å². The number of rotatable bonds is 6. The smallest absolute Gasteiger partial charge is 0.223 e. The zero-order valence-electron chi connectivity index (χ0n) is 14.0. The van der Waals surface area contributed by atoms with Crippen LogP contribution >= 0.6 is 12.4 Å². The number of amides is 1. The third kappa shape index (κ3) is 5.37. The van der Waals surface area contributed by atoms with Crippen LogP contribution in [-0.2, 0) is 9.53 Å². The number of ether oxygens (including phenoxy) is 2. The van der Waals surface area contributed by atoms with Crippen LogP contribution in [-0.4, -0.2) is 39.3 Å². The minimum atomic E-state index is -0.170. The van der Waals surface area contributed by atoms with Gasteiger partial charge in [-0.1, -0.05) is 12.1 Å². The molecule has 0 aliphatic carbocycles. The molecule has 1 fully saturated rings. The average molecular weight is 343 g/mol. The molecule has 0 bridgehead atoms. The maximum absolute atomic E-state index is 12.3. The molecule has 5 nitrogen and oxygen atoms in total. The van der Waals surface area contributed by atoms with E-state index in [1.165, 1.54) is 0 Å². The number of halogens is 1. The second kappa shape index (κ2) is 9.75. The average Bonchev–Trinajstić information content (AvgIpc) is 2.57. The van der Waals surface area contributed by atoms with E-state index in [0.29, 0.717) is 0 Å². The van der Waals surface area contributed by atoms with Gasteiger partial charge in [0.15, 0.2) is 0 Å². The molecule has 1 heterocycles. The first-order valence-corrected chi connectivity index (χ1v) is 7.83. The van der Waals surface area contributed by atoms with Crippen molar-refractivity contribution < 1.29 is 14.3 Å². The number of carbonyl (C=O) groups excluding carboxylic acids is 1. The molecule has 2 rings (SSSR count). The van der Waals surface area contributed by atoms with Crippen LogP contribution in [0.15, 0.2) is 24.3 Å². The summed E-state index contributed by atoms with van der Waals surface area (Å²) in [5.41, 5.74) is 1.03. The van der Waals surface area contributed by atoms with Gasteiger partial charge in [-0.2, -0.15) is 0 Å². The van der Waals surface area contributed by atoms with Gasteiger partial charge in [0.05, 0.1) is 13.2 Å². The molecule has 1 aromatic carbocycles. The van der Waals surface area contributed by atoms with Crippen LogP contribution in [0, 0.1) is 5.92 Å². The number of methoxy groups -OCH3 is 2. The molecule has 1 aliphatic rings. The van der Waals surface area contributed by atoms with Crippen LogP contribution in [0.5, 0.6) is 5.75 Å². The Bertz CT molecular complexity index is 475. The summed E-state index contributed by atoms with van der Waals surface area (Å²) in [7, 11) is 3.31. The van der Waals surface area contributed by atoms with Crippen molar-refractivity contribution in [3.05, 3.63) is 29.8 Å². The molecular weight excluding hydrogens is 316 g/mol. The van der Waals surface area contributed by atoms with Gasteiger partial charge < -0.3 is 20.1 Å². The van der Waals surface area contributed by atoms with Gasteiger partial charge >= 0.3 is 0 Å². The Labute approximate surface area is 144 Å². The molecule has 1 amide bonds. The number of hydrogen-bond acceptors (Lipinski definition) is 4. The van der Waals surface area contributed by atoms with Gasteiger partial charge in [0.2, 0.25) is 5.91 Å². The van der Waals surface area contributed by atoms with Crippen molar-refractivity contribution in [1.29, 1.82) is 0 Å². The predicted molar refractivity (Wildman–Crippen MR) is 93.2 cm³/mol. The Hall–Kier alpha value is -1.30. The summed E-state index contributed by atoms with van der Waals surface area (Å²) in [6.07, 6.45) is 1.63. The maximum Gasteiger partial charge on any atom is 0.223 e. The standard InChI is InChI=1S/C17H26N2O3.ClH/c1-12(19-17(20)14-8-10-18-11-9-14)16(22-3)13-4-6-15(21-2)7-5-13;/h4-7,12,14,16,18H,8-11H2,1-3H3,(H,19,20);1H. The fourth-order valence-electron chi connectivity index (χ4n) is 2.92. The molecule has 6 heteroatoms. The van der Waals surface area contributed by atoms with E-state index in [-0.39, 0.29) is 36.4 Å². The Morgan fingerprint density at radius 2 is 1.83 bits per heavy atom. The lowest BCUT2D eigenvalue weighted by Crippen LogP contribution is -2.44. The van der Waals surface area contributed by atoms with Crippen molar-refractivity contribution in [2.24, 2.45) is 5.92 Å². The van der Waals surface area contributed by atoms with E-state index in [1.54, 1.807) is 14.2 Å². The van der Waals surface area contributed by atoms with Crippen LogP contribution in [0.2, 0.25) is 0 Å². The first-order chi connectivity index (χ1) is 10.7. The predicted octanol–water partition coefficient (Wildman–Crippen LogP) is 2.31. The van der Waals surface area contributed by atoms with E-state index < -0.39 is 0 Å². The molecule has 1 saturated heterocycles. The highest BCUT2D eigenvalue weighted by Crippen LogP contribution is 2.24. The zero-order valence-corrected chi connectivity index (χ0v) is 14.8. The monoisotopic (exact) mass is 342 g/mol. The molecule has 130 valence electrons. The summed E-state index contributed by atoms with van der Waals surface area (Å²) < 4.78 is 10.8. The molecule has 0 saturated carbocycles. The van der Waals surface area contributed by atoms with E-state index in [1.807, 2.05) is 31.2 Å². The van der Waals surface area contributed by atoms with Crippen molar-refractivity contribution in [2.75, 3.05) is 27.3 Å². The molecule has 0 radical (unpaired) electrons. The fourth-order valence-corrected chi connectivity index (χ4v) is 2.92. The fraction of sp³-hybridized carbons (Fsp3) is 0.588. The third-order valence-corrected chi connectivity index (χ3v) is 4.23. The van der Waals surface area contributed by atoms with Gasteiger partial charge in [0, 0.05) is 13.0 Å². The van der Waals surface area contributed by atoms with E-state index in [2.05, 4.69) is 10.6 Å². The first-order valence-electron chi connectivity index (χ1n) is 7.83. The molecule has 1 aromatic rings. The minimum absolute atomic E-state index is 0. The quantitative estimate of drug-likeness (QED) is 0.833. The third-order valence-electron chi connectivity index (χ3n) is 4.23. The summed E-state index contributed by atoms with van der Waals surface area (Å²) in [6, 6.07) is 7.67. The van der Waals surface area contributed by atoms with Crippen LogP contribution in [0.4, 0.5) is 0 Å². The van der Waals surface area contributed by atoms with E-state index in [9.17, 15) is 4.79 Å². The van der Waals surface area contributed by atoms with E-state index in [4.69, 9.17) is 9.47 Å². The Balaban J connectivity index is 0.00000264. The van der Waals surface area contributed by atoms with Crippen molar-refractivity contribution in [2.45, 2.75) is 31.9 Å². The Morgan fingerprint density at radius 3 is 2.35 bits per heavy atom. The largest absolute Gasteiger partial charge is 0.497 e. The summed E-state index contributed by atoms with van der Waals surface area (Å²) in [5, 5.41) is 6.38. The number of nitrogens with one attached hydrogen (secondary N) is 2. The SMILES string of the molecule is COc1ccc(C(OC)C(C)NC(=O)C2CCNCC2)cc1.Cl. The first kappa shape index (κ1) is 19.7. The molecule has 0 aromatic heterocycles. The maximum atomic E-state index is 12.3. The highest BCUT2D eigenvalue weighted by molar-refractivity contribution is 5.85. The number of carbonyl (C=O) groups is 1. The van der Waals surface area contributed by atoms with E-state index >= 15 is 0 Å². The van der Waals surface area contributed by atoms with Crippen molar-refractivity contribution >= 4 is 18.3 Å². The normalized spacial score (nSPS) is 17.7. The van der Waals surface area contributed by atoms with Crippen molar-refractivity contribution in [3.8, 4) is 5.75 Å². The number of piperidine rings is 1. The lowest BCUT2D eigenvalue weighted by molar-refractivity contribution is -0.127.